The van der Waals surface area contributed by atoms with Crippen LogP contribution in [0.15, 0.2) is 147 Å². The first-order chi connectivity index (χ1) is 22.7. The molecular formula is C40H22BrN3O2. The summed E-state index contributed by atoms with van der Waals surface area (Å²) in [6, 6.07) is 45.6. The number of halogens is 1. The Morgan fingerprint density at radius 2 is 1.22 bits per heavy atom. The highest BCUT2D eigenvalue weighted by Crippen LogP contribution is 2.45. The summed E-state index contributed by atoms with van der Waals surface area (Å²) >= 11 is 3.90. The summed E-state index contributed by atoms with van der Waals surface area (Å²) in [5.74, 6) is 0.565. The predicted octanol–water partition coefficient (Wildman–Crippen LogP) is 11.5. The summed E-state index contributed by atoms with van der Waals surface area (Å²) in [7, 11) is 0. The van der Waals surface area contributed by atoms with Crippen LogP contribution >= 0.6 is 15.9 Å². The third-order valence-electron chi connectivity index (χ3n) is 8.89. The quantitative estimate of drug-likeness (QED) is 0.190. The van der Waals surface area contributed by atoms with E-state index in [0.29, 0.717) is 11.5 Å². The van der Waals surface area contributed by atoms with E-state index in [4.69, 9.17) is 18.8 Å². The molecule has 0 amide bonds. The Morgan fingerprint density at radius 1 is 0.522 bits per heavy atom. The summed E-state index contributed by atoms with van der Waals surface area (Å²) in [6.07, 6.45) is 0. The van der Waals surface area contributed by atoms with Crippen molar-refractivity contribution in [3.05, 3.63) is 138 Å². The van der Waals surface area contributed by atoms with Crippen molar-refractivity contribution in [2.24, 2.45) is 0 Å². The predicted molar refractivity (Wildman–Crippen MR) is 189 cm³/mol. The van der Waals surface area contributed by atoms with Crippen LogP contribution in [0, 0.1) is 0 Å². The molecule has 10 rings (SSSR count). The molecule has 216 valence electrons. The molecular weight excluding hydrogens is 634 g/mol. The molecule has 0 unspecified atom stereocenters. The van der Waals surface area contributed by atoms with Gasteiger partial charge in [-0.25, -0.2) is 9.97 Å². The largest absolute Gasteiger partial charge is 0.456 e. The molecule has 4 aromatic heterocycles. The van der Waals surface area contributed by atoms with Gasteiger partial charge in [0.15, 0.2) is 5.58 Å². The molecule has 0 aliphatic heterocycles. The topological polar surface area (TPSA) is 57.0 Å². The lowest BCUT2D eigenvalue weighted by molar-refractivity contribution is 0.666. The minimum atomic E-state index is 0.565. The van der Waals surface area contributed by atoms with E-state index >= 15 is 0 Å². The Labute approximate surface area is 270 Å². The van der Waals surface area contributed by atoms with Gasteiger partial charge in [-0.3, -0.25) is 4.57 Å². The van der Waals surface area contributed by atoms with Crippen LogP contribution in [0.4, 0.5) is 0 Å². The number of hydrogen-bond donors (Lipinski definition) is 0. The van der Waals surface area contributed by atoms with E-state index in [1.54, 1.807) is 0 Å². The number of para-hydroxylation sites is 2. The molecule has 0 N–H and O–H groups in total. The Morgan fingerprint density at radius 3 is 2.04 bits per heavy atom. The van der Waals surface area contributed by atoms with Crippen LogP contribution in [-0.2, 0) is 0 Å². The molecule has 10 aromatic rings. The lowest BCUT2D eigenvalue weighted by Gasteiger charge is -2.10. The van der Waals surface area contributed by atoms with Gasteiger partial charge in [0.2, 0.25) is 5.95 Å². The number of rotatable bonds is 3. The third-order valence-corrected chi connectivity index (χ3v) is 9.51. The SMILES string of the molecule is Brc1cc2oc3ccccc3c2c2c1c1ccccc1n2-c1nc(-c2ccccc2)c2oc3ccc(-c4ccccc4)cc3c2n1. The monoisotopic (exact) mass is 655 g/mol. The first kappa shape index (κ1) is 25.6. The van der Waals surface area contributed by atoms with Gasteiger partial charge in [0, 0.05) is 31.6 Å². The summed E-state index contributed by atoms with van der Waals surface area (Å²) in [6.45, 7) is 0. The number of hydrogen-bond acceptors (Lipinski definition) is 4. The molecule has 0 spiro atoms. The van der Waals surface area contributed by atoms with Crippen LogP contribution in [0.25, 0.3) is 94.1 Å². The van der Waals surface area contributed by atoms with Crippen molar-refractivity contribution in [3.63, 3.8) is 0 Å². The molecule has 0 fully saturated rings. The maximum absolute atomic E-state index is 6.55. The molecule has 46 heavy (non-hydrogen) atoms. The van der Waals surface area contributed by atoms with Gasteiger partial charge in [-0.2, -0.15) is 0 Å². The van der Waals surface area contributed by atoms with Crippen molar-refractivity contribution in [2.45, 2.75) is 0 Å². The second-order valence-corrected chi connectivity index (χ2v) is 12.4. The summed E-state index contributed by atoms with van der Waals surface area (Å²) in [4.78, 5) is 10.6. The molecule has 4 heterocycles. The third kappa shape index (κ3) is 3.62. The van der Waals surface area contributed by atoms with Gasteiger partial charge in [0.25, 0.3) is 0 Å². The minimum Gasteiger partial charge on any atom is -0.456 e. The zero-order chi connectivity index (χ0) is 30.4. The molecule has 0 saturated carbocycles. The zero-order valence-electron chi connectivity index (χ0n) is 24.2. The Balaban J connectivity index is 1.39. The first-order valence-corrected chi connectivity index (χ1v) is 15.9. The van der Waals surface area contributed by atoms with Crippen LogP contribution in [0.3, 0.4) is 0 Å². The fourth-order valence-corrected chi connectivity index (χ4v) is 7.47. The van der Waals surface area contributed by atoms with E-state index in [1.807, 2.05) is 42.5 Å². The van der Waals surface area contributed by atoms with Crippen molar-refractivity contribution < 1.29 is 8.83 Å². The van der Waals surface area contributed by atoms with E-state index in [1.165, 1.54) is 0 Å². The van der Waals surface area contributed by atoms with Crippen LogP contribution in [0.1, 0.15) is 0 Å². The lowest BCUT2D eigenvalue weighted by Crippen LogP contribution is -2.03. The average Bonchev–Trinajstić information content (AvgIpc) is 3.78. The normalized spacial score (nSPS) is 12.0. The number of benzene rings is 6. The van der Waals surface area contributed by atoms with E-state index in [0.717, 1.165) is 87.1 Å². The van der Waals surface area contributed by atoms with Gasteiger partial charge in [0.1, 0.15) is 28.0 Å². The van der Waals surface area contributed by atoms with Crippen molar-refractivity contribution in [1.82, 2.24) is 14.5 Å². The van der Waals surface area contributed by atoms with Crippen molar-refractivity contribution in [2.75, 3.05) is 0 Å². The number of aromatic nitrogens is 3. The van der Waals surface area contributed by atoms with Crippen LogP contribution in [-0.4, -0.2) is 14.5 Å². The summed E-state index contributed by atoms with van der Waals surface area (Å²) < 4.78 is 16.1. The maximum atomic E-state index is 6.55. The fraction of sp³-hybridized carbons (Fsp3) is 0. The molecule has 6 aromatic carbocycles. The second kappa shape index (κ2) is 9.64. The fourth-order valence-electron chi connectivity index (χ4n) is 6.86. The molecule has 0 aliphatic carbocycles. The van der Waals surface area contributed by atoms with E-state index in [9.17, 15) is 0 Å². The van der Waals surface area contributed by atoms with Crippen molar-refractivity contribution in [3.8, 4) is 28.3 Å². The Kier molecular flexibility index (Phi) is 5.36. The van der Waals surface area contributed by atoms with Gasteiger partial charge in [-0.05, 0) is 57.4 Å². The van der Waals surface area contributed by atoms with Crippen molar-refractivity contribution in [1.29, 1.82) is 0 Å². The second-order valence-electron chi connectivity index (χ2n) is 11.5. The first-order valence-electron chi connectivity index (χ1n) is 15.1. The standard InChI is InChI=1S/C40H22BrN3O2/c41-29-22-33-35(27-16-8-10-18-31(27)45-33)38-34(29)26-15-7-9-17-30(26)44(38)40-42-36(24-13-5-2-6-14-24)39-37(43-40)28-21-25(19-20-32(28)46-39)23-11-3-1-4-12-23/h1-22H. The zero-order valence-corrected chi connectivity index (χ0v) is 25.8. The van der Waals surface area contributed by atoms with E-state index in [-0.39, 0.29) is 0 Å². The van der Waals surface area contributed by atoms with Crippen LogP contribution < -0.4 is 0 Å². The highest BCUT2D eigenvalue weighted by atomic mass is 79.9. The maximum Gasteiger partial charge on any atom is 0.236 e. The van der Waals surface area contributed by atoms with Crippen molar-refractivity contribution >= 4 is 81.7 Å². The highest BCUT2D eigenvalue weighted by molar-refractivity contribution is 9.10. The summed E-state index contributed by atoms with van der Waals surface area (Å²) in [5, 5.41) is 5.20. The van der Waals surface area contributed by atoms with Gasteiger partial charge in [-0.15, -0.1) is 0 Å². The van der Waals surface area contributed by atoms with Gasteiger partial charge >= 0.3 is 0 Å². The van der Waals surface area contributed by atoms with E-state index < -0.39 is 0 Å². The molecule has 0 bridgehead atoms. The Hall–Kier alpha value is -5.72. The van der Waals surface area contributed by atoms with Crippen LogP contribution in [0.2, 0.25) is 0 Å². The van der Waals surface area contributed by atoms with Crippen LogP contribution in [0.5, 0.6) is 0 Å². The highest BCUT2D eigenvalue weighted by Gasteiger charge is 2.25. The minimum absolute atomic E-state index is 0.565. The lowest BCUT2D eigenvalue weighted by atomic mass is 10.0. The van der Waals surface area contributed by atoms with Gasteiger partial charge in [-0.1, -0.05) is 103 Å². The molecule has 6 heteroatoms. The summed E-state index contributed by atoms with van der Waals surface area (Å²) in [5.41, 5.74) is 9.78. The molecule has 5 nitrogen and oxygen atoms in total. The average molecular weight is 657 g/mol. The van der Waals surface area contributed by atoms with E-state index in [2.05, 4.69) is 111 Å². The number of nitrogens with zero attached hydrogens (tertiary/aromatic N) is 3. The molecule has 0 radical (unpaired) electrons. The number of furan rings is 2. The molecule has 0 atom stereocenters. The smallest absolute Gasteiger partial charge is 0.236 e. The van der Waals surface area contributed by atoms with Gasteiger partial charge in [0.05, 0.1) is 16.4 Å². The molecule has 0 saturated heterocycles. The molecule has 0 aliphatic rings. The van der Waals surface area contributed by atoms with Gasteiger partial charge < -0.3 is 8.83 Å². The Bertz CT molecular complexity index is 2810. The number of fused-ring (bicyclic) bond motifs is 10.